The van der Waals surface area contributed by atoms with Crippen molar-refractivity contribution in [3.63, 3.8) is 0 Å². The lowest BCUT2D eigenvalue weighted by Crippen LogP contribution is -2.08. The minimum Gasteiger partial charge on any atom is -0.489 e. The number of rotatable bonds is 4. The van der Waals surface area contributed by atoms with Crippen LogP contribution in [0.2, 0.25) is 5.15 Å². The van der Waals surface area contributed by atoms with Gasteiger partial charge in [0, 0.05) is 17.5 Å². The van der Waals surface area contributed by atoms with E-state index in [1.165, 1.54) is 66.7 Å². The molecule has 0 atom stereocenters. The minimum absolute atomic E-state index is 0.0483. The number of fused-ring (bicyclic) bond motifs is 6. The molecular formula is C29H31ClFN7O. The molecule has 0 saturated carbocycles. The highest BCUT2D eigenvalue weighted by atomic mass is 35.5. The Hall–Kier alpha value is -3.72. The molecule has 39 heavy (non-hydrogen) atoms. The van der Waals surface area contributed by atoms with E-state index < -0.39 is 0 Å². The molecule has 0 spiro atoms. The van der Waals surface area contributed by atoms with Crippen molar-refractivity contribution >= 4 is 45.2 Å². The third-order valence-electron chi connectivity index (χ3n) is 7.29. The van der Waals surface area contributed by atoms with Crippen molar-refractivity contribution in [2.75, 3.05) is 5.32 Å². The summed E-state index contributed by atoms with van der Waals surface area (Å²) in [5.74, 6) is 0.879. The highest BCUT2D eigenvalue weighted by Crippen LogP contribution is 2.36. The Kier molecular flexibility index (Phi) is 7.08. The van der Waals surface area contributed by atoms with Gasteiger partial charge >= 0.3 is 0 Å². The van der Waals surface area contributed by atoms with E-state index >= 15 is 0 Å². The van der Waals surface area contributed by atoms with Crippen LogP contribution in [0.4, 0.5) is 15.9 Å². The van der Waals surface area contributed by atoms with Crippen LogP contribution in [-0.4, -0.2) is 36.0 Å². The summed E-state index contributed by atoms with van der Waals surface area (Å²) in [5, 5.41) is 5.96. The monoisotopic (exact) mass is 547 g/mol. The molecule has 7 rings (SSSR count). The molecule has 5 aromatic rings. The van der Waals surface area contributed by atoms with Gasteiger partial charge in [-0.3, -0.25) is 0 Å². The summed E-state index contributed by atoms with van der Waals surface area (Å²) in [6.07, 6.45) is 12.1. The SMILES string of the molecule is CC(C)Oc1cc(F)ccc1Nc1ncnc2[nH]c3c(c12)CCCC3.Clc1ncnc2[nH]c3c(c12)CCCC3. The largest absolute Gasteiger partial charge is 0.489 e. The second-order valence-corrected chi connectivity index (χ2v) is 10.7. The Labute approximate surface area is 230 Å². The van der Waals surface area contributed by atoms with Gasteiger partial charge in [-0.05, 0) is 88.5 Å². The van der Waals surface area contributed by atoms with Gasteiger partial charge in [0.2, 0.25) is 0 Å². The third kappa shape index (κ3) is 5.15. The highest BCUT2D eigenvalue weighted by molar-refractivity contribution is 6.34. The molecule has 0 aliphatic heterocycles. The predicted molar refractivity (Wildman–Crippen MR) is 152 cm³/mol. The highest BCUT2D eigenvalue weighted by Gasteiger charge is 2.21. The first-order chi connectivity index (χ1) is 19.0. The molecule has 4 aromatic heterocycles. The van der Waals surface area contributed by atoms with Gasteiger partial charge in [-0.25, -0.2) is 24.3 Å². The number of aryl methyl sites for hydroxylation is 4. The molecule has 0 fully saturated rings. The molecule has 8 nitrogen and oxygen atoms in total. The molecule has 0 saturated heterocycles. The normalized spacial score (nSPS) is 14.6. The summed E-state index contributed by atoms with van der Waals surface area (Å²) in [7, 11) is 0. The van der Waals surface area contributed by atoms with Crippen molar-refractivity contribution in [2.24, 2.45) is 0 Å². The summed E-state index contributed by atoms with van der Waals surface area (Å²) in [6, 6.07) is 4.49. The number of aromatic nitrogens is 6. The van der Waals surface area contributed by atoms with E-state index in [2.05, 4.69) is 35.2 Å². The van der Waals surface area contributed by atoms with Crippen LogP contribution in [-0.2, 0) is 25.7 Å². The van der Waals surface area contributed by atoms with Crippen LogP contribution in [0.15, 0.2) is 30.9 Å². The zero-order valence-corrected chi connectivity index (χ0v) is 22.8. The number of halogens is 2. The number of nitrogens with one attached hydrogen (secondary N) is 3. The number of hydrogen-bond acceptors (Lipinski definition) is 6. The first-order valence-corrected chi connectivity index (χ1v) is 13.9. The zero-order chi connectivity index (χ0) is 26.9. The average Bonchev–Trinajstić information content (AvgIpc) is 3.50. The van der Waals surface area contributed by atoms with Gasteiger partial charge in [0.1, 0.15) is 46.5 Å². The van der Waals surface area contributed by atoms with Crippen LogP contribution in [0.1, 0.15) is 62.0 Å². The van der Waals surface area contributed by atoms with Crippen LogP contribution in [0.5, 0.6) is 5.75 Å². The average molecular weight is 548 g/mol. The lowest BCUT2D eigenvalue weighted by molar-refractivity contribution is 0.243. The molecule has 4 heterocycles. The van der Waals surface area contributed by atoms with Crippen LogP contribution in [0, 0.1) is 5.82 Å². The molecule has 0 radical (unpaired) electrons. The van der Waals surface area contributed by atoms with E-state index in [1.807, 2.05) is 13.8 Å². The van der Waals surface area contributed by atoms with E-state index in [4.69, 9.17) is 16.3 Å². The van der Waals surface area contributed by atoms with Crippen LogP contribution < -0.4 is 10.1 Å². The number of nitrogens with zero attached hydrogens (tertiary/aromatic N) is 4. The maximum Gasteiger partial charge on any atom is 0.146 e. The van der Waals surface area contributed by atoms with Crippen LogP contribution >= 0.6 is 11.6 Å². The number of hydrogen-bond donors (Lipinski definition) is 3. The van der Waals surface area contributed by atoms with E-state index in [0.717, 1.165) is 53.6 Å². The van der Waals surface area contributed by atoms with Gasteiger partial charge in [-0.15, -0.1) is 0 Å². The first-order valence-electron chi connectivity index (χ1n) is 13.6. The van der Waals surface area contributed by atoms with Gasteiger partial charge in [0.05, 0.1) is 22.6 Å². The number of ether oxygens (including phenoxy) is 1. The quantitative estimate of drug-likeness (QED) is 0.209. The number of H-pyrrole nitrogens is 2. The topological polar surface area (TPSA) is 104 Å². The molecule has 2 aliphatic rings. The number of anilines is 2. The zero-order valence-electron chi connectivity index (χ0n) is 22.1. The molecule has 10 heteroatoms. The van der Waals surface area contributed by atoms with Gasteiger partial charge in [-0.1, -0.05) is 11.6 Å². The summed E-state index contributed by atoms with van der Waals surface area (Å²) in [6.45, 7) is 3.83. The fourth-order valence-electron chi connectivity index (χ4n) is 5.59. The Morgan fingerprint density at radius 3 is 2.15 bits per heavy atom. The molecule has 0 unspecified atom stereocenters. The third-order valence-corrected chi connectivity index (χ3v) is 7.57. The van der Waals surface area contributed by atoms with E-state index in [1.54, 1.807) is 12.4 Å². The molecule has 3 N–H and O–H groups in total. The van der Waals surface area contributed by atoms with Gasteiger partial charge in [0.25, 0.3) is 0 Å². The second-order valence-electron chi connectivity index (χ2n) is 10.3. The lowest BCUT2D eigenvalue weighted by Gasteiger charge is -2.16. The maximum atomic E-state index is 13.6. The maximum absolute atomic E-state index is 13.6. The second kappa shape index (κ2) is 10.8. The molecule has 1 aromatic carbocycles. The summed E-state index contributed by atoms with van der Waals surface area (Å²) in [4.78, 5) is 23.8. The number of aromatic amines is 2. The van der Waals surface area contributed by atoms with Crippen molar-refractivity contribution < 1.29 is 9.13 Å². The first kappa shape index (κ1) is 25.6. The molecule has 0 amide bonds. The van der Waals surface area contributed by atoms with Gasteiger partial charge < -0.3 is 20.0 Å². The van der Waals surface area contributed by atoms with E-state index in [0.29, 0.717) is 16.6 Å². The Morgan fingerprint density at radius 1 is 0.846 bits per heavy atom. The van der Waals surface area contributed by atoms with Gasteiger partial charge in [-0.2, -0.15) is 0 Å². The van der Waals surface area contributed by atoms with Crippen molar-refractivity contribution in [3.8, 4) is 5.75 Å². The van der Waals surface area contributed by atoms with Crippen molar-refractivity contribution in [1.29, 1.82) is 0 Å². The summed E-state index contributed by atoms with van der Waals surface area (Å²) >= 11 is 6.06. The summed E-state index contributed by atoms with van der Waals surface area (Å²) in [5.41, 5.74) is 7.60. The predicted octanol–water partition coefficient (Wildman–Crippen LogP) is 7.00. The van der Waals surface area contributed by atoms with E-state index in [9.17, 15) is 4.39 Å². The van der Waals surface area contributed by atoms with Crippen LogP contribution in [0.25, 0.3) is 22.1 Å². The Morgan fingerprint density at radius 2 is 1.46 bits per heavy atom. The smallest absolute Gasteiger partial charge is 0.146 e. The number of benzene rings is 1. The Balaban J connectivity index is 0.000000166. The van der Waals surface area contributed by atoms with E-state index in [-0.39, 0.29) is 11.9 Å². The van der Waals surface area contributed by atoms with Crippen LogP contribution in [0.3, 0.4) is 0 Å². The molecular weight excluding hydrogens is 517 g/mol. The van der Waals surface area contributed by atoms with Gasteiger partial charge in [0.15, 0.2) is 0 Å². The van der Waals surface area contributed by atoms with Crippen molar-refractivity contribution in [2.45, 2.75) is 71.3 Å². The molecule has 202 valence electrons. The summed E-state index contributed by atoms with van der Waals surface area (Å²) < 4.78 is 19.4. The fraction of sp³-hybridized carbons (Fsp3) is 0.379. The molecule has 2 aliphatic carbocycles. The molecule has 0 bridgehead atoms. The fourth-order valence-corrected chi connectivity index (χ4v) is 5.84. The minimum atomic E-state index is -0.326. The standard InChI is InChI=1S/C19H21FN4O.C10H10ClN3/c1-11(2)25-16-9-12(20)7-8-15(16)24-19-17-13-5-3-4-6-14(13)23-18(17)21-10-22-19;11-9-8-6-3-1-2-4-7(6)14-10(8)13-5-12-9/h7-11H,3-6H2,1-2H3,(H2,21,22,23,24);5H,1-4H2,(H,12,13,14). The Bertz CT molecular complexity index is 1640. The lowest BCUT2D eigenvalue weighted by atomic mass is 9.96. The van der Waals surface area contributed by atoms with Crippen molar-refractivity contribution in [1.82, 2.24) is 29.9 Å². The van der Waals surface area contributed by atoms with Crippen molar-refractivity contribution in [3.05, 3.63) is 64.3 Å².